The zero-order chi connectivity index (χ0) is 20.1. The van der Waals surface area contributed by atoms with E-state index in [4.69, 9.17) is 11.6 Å². The predicted octanol–water partition coefficient (Wildman–Crippen LogP) is 4.94. The van der Waals surface area contributed by atoms with E-state index in [1.54, 1.807) is 54.6 Å². The molecule has 3 aromatic rings. The van der Waals surface area contributed by atoms with Gasteiger partial charge in [-0.25, -0.2) is 8.42 Å². The molecule has 3 rings (SSSR count). The lowest BCUT2D eigenvalue weighted by Crippen LogP contribution is -2.38. The third-order valence-electron chi connectivity index (χ3n) is 3.82. The van der Waals surface area contributed by atoms with Crippen LogP contribution < -0.4 is 9.62 Å². The fourth-order valence-corrected chi connectivity index (χ4v) is 4.58. The summed E-state index contributed by atoms with van der Waals surface area (Å²) in [6, 6.07) is 21.4. The van der Waals surface area contributed by atoms with Crippen molar-refractivity contribution < 1.29 is 13.2 Å². The first-order valence-corrected chi connectivity index (χ1v) is 10.9. The first-order chi connectivity index (χ1) is 13.4. The molecule has 0 aromatic heterocycles. The number of rotatable bonds is 6. The van der Waals surface area contributed by atoms with Gasteiger partial charge in [-0.05, 0) is 48.5 Å². The fraction of sp³-hybridized carbons (Fsp3) is 0.0500. The van der Waals surface area contributed by atoms with Gasteiger partial charge in [0.05, 0.1) is 10.6 Å². The van der Waals surface area contributed by atoms with Crippen LogP contribution in [0, 0.1) is 0 Å². The van der Waals surface area contributed by atoms with Crippen LogP contribution in [0.1, 0.15) is 0 Å². The SMILES string of the molecule is O=C(CN(c1cccc(Cl)c1)S(=O)(=O)c1ccccc1)Nc1cccc(Br)c1. The lowest BCUT2D eigenvalue weighted by Gasteiger charge is -2.24. The van der Waals surface area contributed by atoms with Crippen molar-refractivity contribution >= 4 is 54.8 Å². The molecule has 1 N–H and O–H groups in total. The molecule has 0 unspecified atom stereocenters. The van der Waals surface area contributed by atoms with Crippen LogP contribution in [0.4, 0.5) is 11.4 Å². The van der Waals surface area contributed by atoms with Gasteiger partial charge in [0.1, 0.15) is 6.54 Å². The first-order valence-electron chi connectivity index (χ1n) is 8.25. The zero-order valence-corrected chi connectivity index (χ0v) is 17.7. The second-order valence-electron chi connectivity index (χ2n) is 5.86. The fourth-order valence-electron chi connectivity index (χ4n) is 2.56. The molecule has 0 fully saturated rings. The van der Waals surface area contributed by atoms with E-state index < -0.39 is 22.5 Å². The minimum atomic E-state index is -3.96. The average molecular weight is 480 g/mol. The number of carbonyl (C=O) groups excluding carboxylic acids is 1. The van der Waals surface area contributed by atoms with Crippen molar-refractivity contribution in [1.82, 2.24) is 0 Å². The summed E-state index contributed by atoms with van der Waals surface area (Å²) in [4.78, 5) is 12.7. The second-order valence-corrected chi connectivity index (χ2v) is 9.08. The monoisotopic (exact) mass is 478 g/mol. The molecule has 0 atom stereocenters. The number of amides is 1. The van der Waals surface area contributed by atoms with Crippen LogP contribution in [0.3, 0.4) is 0 Å². The van der Waals surface area contributed by atoms with Crippen molar-refractivity contribution in [2.24, 2.45) is 0 Å². The number of carbonyl (C=O) groups is 1. The Morgan fingerprint density at radius 2 is 1.68 bits per heavy atom. The Morgan fingerprint density at radius 1 is 0.964 bits per heavy atom. The minimum Gasteiger partial charge on any atom is -0.324 e. The molecule has 0 aliphatic carbocycles. The normalized spacial score (nSPS) is 11.1. The maximum absolute atomic E-state index is 13.2. The lowest BCUT2D eigenvalue weighted by atomic mass is 10.3. The highest BCUT2D eigenvalue weighted by molar-refractivity contribution is 9.10. The van der Waals surface area contributed by atoms with Crippen LogP contribution in [0.2, 0.25) is 5.02 Å². The van der Waals surface area contributed by atoms with E-state index >= 15 is 0 Å². The third kappa shape index (κ3) is 4.92. The van der Waals surface area contributed by atoms with E-state index in [0.717, 1.165) is 8.78 Å². The van der Waals surface area contributed by atoms with Crippen molar-refractivity contribution in [2.75, 3.05) is 16.2 Å². The maximum atomic E-state index is 13.2. The highest BCUT2D eigenvalue weighted by Crippen LogP contribution is 2.26. The Labute approximate surface area is 177 Å². The molecule has 144 valence electrons. The molecule has 28 heavy (non-hydrogen) atoms. The summed E-state index contributed by atoms with van der Waals surface area (Å²) in [5.74, 6) is -0.474. The third-order valence-corrected chi connectivity index (χ3v) is 6.34. The van der Waals surface area contributed by atoms with Gasteiger partial charge in [0, 0.05) is 15.2 Å². The molecule has 0 heterocycles. The Bertz CT molecular complexity index is 1090. The van der Waals surface area contributed by atoms with Crippen molar-refractivity contribution in [3.05, 3.63) is 88.4 Å². The van der Waals surface area contributed by atoms with Gasteiger partial charge in [-0.15, -0.1) is 0 Å². The molecular weight excluding hydrogens is 464 g/mol. The Kier molecular flexibility index (Phi) is 6.39. The number of nitrogens with zero attached hydrogens (tertiary/aromatic N) is 1. The number of hydrogen-bond acceptors (Lipinski definition) is 3. The summed E-state index contributed by atoms with van der Waals surface area (Å²) in [6.07, 6.45) is 0. The quantitative estimate of drug-likeness (QED) is 0.545. The number of halogens is 2. The van der Waals surface area contributed by atoms with Crippen molar-refractivity contribution in [1.29, 1.82) is 0 Å². The Balaban J connectivity index is 1.94. The summed E-state index contributed by atoms with van der Waals surface area (Å²) in [7, 11) is -3.96. The number of benzene rings is 3. The number of sulfonamides is 1. The molecule has 8 heteroatoms. The molecule has 0 bridgehead atoms. The van der Waals surface area contributed by atoms with Crippen LogP contribution in [0.25, 0.3) is 0 Å². The molecule has 0 saturated heterocycles. The van der Waals surface area contributed by atoms with Crippen molar-refractivity contribution in [2.45, 2.75) is 4.90 Å². The smallest absolute Gasteiger partial charge is 0.264 e. The van der Waals surface area contributed by atoms with E-state index in [1.165, 1.54) is 18.2 Å². The first kappa shape index (κ1) is 20.4. The highest BCUT2D eigenvalue weighted by atomic mass is 79.9. The van der Waals surface area contributed by atoms with Crippen molar-refractivity contribution in [3.63, 3.8) is 0 Å². The highest BCUT2D eigenvalue weighted by Gasteiger charge is 2.27. The Hall–Kier alpha value is -2.35. The van der Waals surface area contributed by atoms with E-state index in [9.17, 15) is 13.2 Å². The van der Waals surface area contributed by atoms with Gasteiger partial charge in [0.15, 0.2) is 0 Å². The molecule has 0 spiro atoms. The zero-order valence-electron chi connectivity index (χ0n) is 14.5. The van der Waals surface area contributed by atoms with E-state index in [0.29, 0.717) is 16.4 Å². The molecular formula is C20H16BrClN2O3S. The summed E-state index contributed by atoms with van der Waals surface area (Å²) in [5, 5.41) is 3.09. The van der Waals surface area contributed by atoms with Crippen LogP contribution in [-0.4, -0.2) is 20.9 Å². The van der Waals surface area contributed by atoms with Crippen LogP contribution in [-0.2, 0) is 14.8 Å². The molecule has 1 amide bonds. The van der Waals surface area contributed by atoms with E-state index in [-0.39, 0.29) is 4.90 Å². The van der Waals surface area contributed by atoms with Crippen LogP contribution >= 0.6 is 27.5 Å². The molecule has 0 aliphatic rings. The molecule has 0 aliphatic heterocycles. The summed E-state index contributed by atoms with van der Waals surface area (Å²) in [5.41, 5.74) is 0.864. The van der Waals surface area contributed by atoms with Gasteiger partial charge in [0.2, 0.25) is 5.91 Å². The molecule has 0 saturated carbocycles. The van der Waals surface area contributed by atoms with Gasteiger partial charge in [-0.1, -0.05) is 57.9 Å². The minimum absolute atomic E-state index is 0.0882. The van der Waals surface area contributed by atoms with Gasteiger partial charge < -0.3 is 5.32 Å². The molecule has 3 aromatic carbocycles. The molecule has 5 nitrogen and oxygen atoms in total. The van der Waals surface area contributed by atoms with Crippen molar-refractivity contribution in [3.8, 4) is 0 Å². The topological polar surface area (TPSA) is 66.5 Å². The summed E-state index contributed by atoms with van der Waals surface area (Å²) < 4.78 is 28.2. The van der Waals surface area contributed by atoms with Crippen LogP contribution in [0.5, 0.6) is 0 Å². The maximum Gasteiger partial charge on any atom is 0.264 e. The summed E-state index contributed by atoms with van der Waals surface area (Å²) in [6.45, 7) is -0.399. The van der Waals surface area contributed by atoms with Gasteiger partial charge in [0.25, 0.3) is 10.0 Å². The largest absolute Gasteiger partial charge is 0.324 e. The van der Waals surface area contributed by atoms with Gasteiger partial charge in [-0.2, -0.15) is 0 Å². The van der Waals surface area contributed by atoms with Crippen LogP contribution in [0.15, 0.2) is 88.2 Å². The van der Waals surface area contributed by atoms with Gasteiger partial charge in [-0.3, -0.25) is 9.10 Å². The van der Waals surface area contributed by atoms with E-state index in [2.05, 4.69) is 21.2 Å². The summed E-state index contributed by atoms with van der Waals surface area (Å²) >= 11 is 9.38. The number of hydrogen-bond donors (Lipinski definition) is 1. The second kappa shape index (κ2) is 8.77. The standard InChI is InChI=1S/C20H16BrClN2O3S/c21-15-6-4-8-17(12-15)23-20(25)14-24(18-9-5-7-16(22)13-18)28(26,27)19-10-2-1-3-11-19/h1-13H,14H2,(H,23,25). The lowest BCUT2D eigenvalue weighted by molar-refractivity contribution is -0.114. The van der Waals surface area contributed by atoms with Gasteiger partial charge >= 0.3 is 0 Å². The predicted molar refractivity (Wildman–Crippen MR) is 115 cm³/mol. The number of anilines is 2. The van der Waals surface area contributed by atoms with E-state index in [1.807, 2.05) is 6.07 Å². The number of nitrogens with one attached hydrogen (secondary N) is 1. The average Bonchev–Trinajstić information content (AvgIpc) is 2.67. The Morgan fingerprint density at radius 3 is 2.36 bits per heavy atom. The molecule has 0 radical (unpaired) electrons.